The van der Waals surface area contributed by atoms with Crippen LogP contribution in [0.4, 0.5) is 4.39 Å². The molecule has 0 aromatic heterocycles. The lowest BCUT2D eigenvalue weighted by atomic mass is 10.0. The topological polar surface area (TPSA) is 64.1 Å². The predicted molar refractivity (Wildman–Crippen MR) is 164 cm³/mol. The third-order valence-corrected chi connectivity index (χ3v) is 6.55. The molecule has 2 aromatic rings. The second-order valence-corrected chi connectivity index (χ2v) is 9.51. The van der Waals surface area contributed by atoms with Gasteiger partial charge in [0.25, 0.3) is 5.91 Å². The Bertz CT molecular complexity index is 1060. The van der Waals surface area contributed by atoms with E-state index in [2.05, 4.69) is 18.9 Å². The van der Waals surface area contributed by atoms with E-state index in [1.165, 1.54) is 10.5 Å². The molecule has 0 unspecified atom stereocenters. The number of nitrogens with zero attached hydrogens (tertiary/aromatic N) is 3. The van der Waals surface area contributed by atoms with Crippen molar-refractivity contribution in [1.29, 1.82) is 0 Å². The average molecular weight is 554 g/mol. The normalized spacial score (nSPS) is 13.9. The molecular formula is C33H48FN3O3. The summed E-state index contributed by atoms with van der Waals surface area (Å²) in [6.45, 7) is 13.9. The van der Waals surface area contributed by atoms with Crippen LogP contribution in [0, 0.1) is 0 Å². The second-order valence-electron chi connectivity index (χ2n) is 9.51. The van der Waals surface area contributed by atoms with Gasteiger partial charge >= 0.3 is 0 Å². The predicted octanol–water partition coefficient (Wildman–Crippen LogP) is 6.32. The number of hydrogen-bond donors (Lipinski definition) is 1. The molecule has 220 valence electrons. The van der Waals surface area contributed by atoms with Crippen LogP contribution in [0.2, 0.25) is 0 Å². The van der Waals surface area contributed by atoms with Crippen LogP contribution in [0.25, 0.3) is 11.1 Å². The summed E-state index contributed by atoms with van der Waals surface area (Å²) < 4.78 is 12.4. The highest BCUT2D eigenvalue weighted by Gasteiger charge is 2.20. The zero-order valence-electron chi connectivity index (χ0n) is 25.2. The molecule has 1 aliphatic rings. The fourth-order valence-electron chi connectivity index (χ4n) is 3.83. The van der Waals surface area contributed by atoms with Gasteiger partial charge < -0.3 is 19.8 Å². The molecule has 1 N–H and O–H groups in total. The summed E-state index contributed by atoms with van der Waals surface area (Å²) in [5, 5.41) is 8.98. The van der Waals surface area contributed by atoms with Crippen LogP contribution in [0.15, 0.2) is 72.1 Å². The number of rotatable bonds is 10. The van der Waals surface area contributed by atoms with Crippen molar-refractivity contribution in [3.8, 4) is 11.1 Å². The number of allylic oxidation sites excluding steroid dienone is 4. The van der Waals surface area contributed by atoms with E-state index < -0.39 is 0 Å². The Morgan fingerprint density at radius 1 is 0.975 bits per heavy atom. The zero-order chi connectivity index (χ0) is 29.9. The van der Waals surface area contributed by atoms with E-state index in [9.17, 15) is 14.0 Å². The second kappa shape index (κ2) is 19.7. The molecule has 1 heterocycles. The molecule has 2 aromatic carbocycles. The number of aliphatic hydroxyl groups excluding tert-OH is 1. The fraction of sp³-hybridized carbons (Fsp3) is 0.455. The van der Waals surface area contributed by atoms with Gasteiger partial charge in [-0.3, -0.25) is 9.59 Å². The number of carbonyl (C=O) groups is 2. The van der Waals surface area contributed by atoms with E-state index in [0.717, 1.165) is 55.7 Å². The molecule has 40 heavy (non-hydrogen) atoms. The Morgan fingerprint density at radius 2 is 1.62 bits per heavy atom. The van der Waals surface area contributed by atoms with Crippen molar-refractivity contribution in [3.63, 3.8) is 0 Å². The molecule has 1 fully saturated rings. The third kappa shape index (κ3) is 12.3. The molecule has 0 radical (unpaired) electrons. The van der Waals surface area contributed by atoms with Gasteiger partial charge in [-0.15, -0.1) is 0 Å². The van der Waals surface area contributed by atoms with Crippen LogP contribution in [0.1, 0.15) is 63.4 Å². The Hall–Kier alpha value is -3.29. The quantitative estimate of drug-likeness (QED) is 0.276. The maximum Gasteiger partial charge on any atom is 0.253 e. The minimum absolute atomic E-state index is 0.0483. The number of benzene rings is 2. The van der Waals surface area contributed by atoms with E-state index in [-0.39, 0.29) is 18.3 Å². The van der Waals surface area contributed by atoms with Crippen LogP contribution in [0.5, 0.6) is 0 Å². The summed E-state index contributed by atoms with van der Waals surface area (Å²) in [5.41, 5.74) is 4.93. The van der Waals surface area contributed by atoms with E-state index in [0.29, 0.717) is 25.1 Å². The van der Waals surface area contributed by atoms with Gasteiger partial charge in [0, 0.05) is 44.8 Å². The maximum atomic E-state index is 12.8. The highest BCUT2D eigenvalue weighted by Crippen LogP contribution is 2.22. The number of likely N-dealkylation sites (N-methyl/N-ethyl adjacent to an activating group) is 1. The van der Waals surface area contributed by atoms with Gasteiger partial charge in [-0.05, 0) is 61.7 Å². The maximum absolute atomic E-state index is 12.8. The molecule has 0 aliphatic carbocycles. The SMILES string of the molecule is CC.CC/C(C)=C\C=C(\F)CC.CN1CCN(C(=O)c2cccc(-c3ccc(CN(C=O)CCO)cc3)c2)CC1. The van der Waals surface area contributed by atoms with Crippen LogP contribution in [-0.4, -0.2) is 78.5 Å². The first-order chi connectivity index (χ1) is 19.3. The number of amides is 2. The summed E-state index contributed by atoms with van der Waals surface area (Å²) in [7, 11) is 2.07. The van der Waals surface area contributed by atoms with E-state index >= 15 is 0 Å². The average Bonchev–Trinajstić information content (AvgIpc) is 3.01. The van der Waals surface area contributed by atoms with E-state index in [4.69, 9.17) is 5.11 Å². The van der Waals surface area contributed by atoms with Crippen LogP contribution >= 0.6 is 0 Å². The van der Waals surface area contributed by atoms with Crippen molar-refractivity contribution in [2.75, 3.05) is 46.4 Å². The summed E-state index contributed by atoms with van der Waals surface area (Å²) in [6.07, 6.45) is 5.61. The Balaban J connectivity index is 0.000000565. The monoisotopic (exact) mass is 553 g/mol. The summed E-state index contributed by atoms with van der Waals surface area (Å²) in [4.78, 5) is 29.5. The lowest BCUT2D eigenvalue weighted by molar-refractivity contribution is -0.119. The largest absolute Gasteiger partial charge is 0.395 e. The van der Waals surface area contributed by atoms with Crippen molar-refractivity contribution >= 4 is 12.3 Å². The minimum atomic E-state index is -0.0506. The lowest BCUT2D eigenvalue weighted by Gasteiger charge is -2.32. The Kier molecular flexibility index (Phi) is 17.1. The molecule has 0 spiro atoms. The third-order valence-electron chi connectivity index (χ3n) is 6.55. The number of hydrogen-bond acceptors (Lipinski definition) is 4. The standard InChI is InChI=1S/C22H27N3O3.C9H15F.C2H6/c1-23-9-11-25(12-10-23)22(28)21-4-2-3-20(15-21)19-7-5-18(6-8-19)16-24(17-27)13-14-26;1-4-8(3)6-7-9(10)5-2;1-2/h2-8,15,17,26H,9-14,16H2,1H3;6-7H,4-5H2,1-3H3;1-2H3/b;8-6-,9-7+;. The lowest BCUT2D eigenvalue weighted by Crippen LogP contribution is -2.47. The van der Waals surface area contributed by atoms with Gasteiger partial charge in [0.15, 0.2) is 0 Å². The van der Waals surface area contributed by atoms with Gasteiger partial charge in [0.1, 0.15) is 0 Å². The molecule has 1 saturated heterocycles. The molecule has 1 aliphatic heterocycles. The minimum Gasteiger partial charge on any atom is -0.395 e. The molecular weight excluding hydrogens is 505 g/mol. The van der Waals surface area contributed by atoms with Crippen molar-refractivity contribution < 1.29 is 19.1 Å². The number of halogens is 1. The highest BCUT2D eigenvalue weighted by atomic mass is 19.1. The Labute approximate surface area is 240 Å². The Morgan fingerprint density at radius 3 is 2.17 bits per heavy atom. The van der Waals surface area contributed by atoms with Crippen LogP contribution in [0.3, 0.4) is 0 Å². The van der Waals surface area contributed by atoms with Gasteiger partial charge in [0.2, 0.25) is 6.41 Å². The van der Waals surface area contributed by atoms with Crippen LogP contribution < -0.4 is 0 Å². The van der Waals surface area contributed by atoms with Gasteiger partial charge in [-0.2, -0.15) is 0 Å². The van der Waals surface area contributed by atoms with Crippen molar-refractivity contribution in [1.82, 2.24) is 14.7 Å². The molecule has 0 atom stereocenters. The number of aliphatic hydroxyl groups is 1. The van der Waals surface area contributed by atoms with Crippen molar-refractivity contribution in [3.05, 3.63) is 83.2 Å². The molecule has 7 heteroatoms. The fourth-order valence-corrected chi connectivity index (χ4v) is 3.83. The first-order valence-corrected chi connectivity index (χ1v) is 14.3. The van der Waals surface area contributed by atoms with Crippen molar-refractivity contribution in [2.45, 2.75) is 54.0 Å². The number of carbonyl (C=O) groups excluding carboxylic acids is 2. The highest BCUT2D eigenvalue weighted by molar-refractivity contribution is 5.95. The smallest absolute Gasteiger partial charge is 0.253 e. The first-order valence-electron chi connectivity index (χ1n) is 14.3. The van der Waals surface area contributed by atoms with Crippen LogP contribution in [-0.2, 0) is 11.3 Å². The number of piperazine rings is 1. The van der Waals surface area contributed by atoms with Crippen molar-refractivity contribution in [2.24, 2.45) is 0 Å². The molecule has 0 bridgehead atoms. The van der Waals surface area contributed by atoms with E-state index in [1.54, 1.807) is 13.0 Å². The van der Waals surface area contributed by atoms with Gasteiger partial charge in [-0.1, -0.05) is 75.7 Å². The summed E-state index contributed by atoms with van der Waals surface area (Å²) in [6, 6.07) is 15.7. The van der Waals surface area contributed by atoms with Gasteiger partial charge in [-0.25, -0.2) is 4.39 Å². The molecule has 6 nitrogen and oxygen atoms in total. The molecule has 3 rings (SSSR count). The zero-order valence-corrected chi connectivity index (χ0v) is 25.2. The first kappa shape index (κ1) is 34.7. The van der Waals surface area contributed by atoms with Gasteiger partial charge in [0.05, 0.1) is 12.4 Å². The molecule has 0 saturated carbocycles. The summed E-state index contributed by atoms with van der Waals surface area (Å²) >= 11 is 0. The summed E-state index contributed by atoms with van der Waals surface area (Å²) in [5.74, 6) is 0.0324. The van der Waals surface area contributed by atoms with E-state index in [1.807, 2.05) is 80.3 Å². The molecule has 2 amide bonds.